The second-order valence-electron chi connectivity index (χ2n) is 7.72. The zero-order chi connectivity index (χ0) is 21.4. The molecule has 158 valence electrons. The molecule has 10 heteroatoms. The van der Waals surface area contributed by atoms with Gasteiger partial charge in [0.25, 0.3) is 5.91 Å². The number of sulfonamides is 1. The van der Waals surface area contributed by atoms with Crippen LogP contribution in [0.25, 0.3) is 0 Å². The average molecular weight is 423 g/mol. The molecule has 2 fully saturated rings. The molecule has 1 aliphatic heterocycles. The normalized spacial score (nSPS) is 19.5. The van der Waals surface area contributed by atoms with Crippen LogP contribution >= 0.6 is 0 Å². The summed E-state index contributed by atoms with van der Waals surface area (Å²) in [7, 11) is -2.15. The molecule has 29 heavy (non-hydrogen) atoms. The SMILES string of the molecule is C[C@H](c1ccc(S(N)(=O)=O)cc1)N(C)C(=O)CCN1C(=O)NC2(CCCC2)C1=O. The first kappa shape index (κ1) is 21.3. The van der Waals surface area contributed by atoms with E-state index in [1.807, 2.05) is 6.92 Å². The van der Waals surface area contributed by atoms with E-state index in [1.165, 1.54) is 17.0 Å². The Bertz CT molecular complexity index is 922. The number of urea groups is 1. The molecule has 0 radical (unpaired) electrons. The van der Waals surface area contributed by atoms with Gasteiger partial charge in [-0.25, -0.2) is 18.4 Å². The second kappa shape index (κ2) is 7.75. The molecule has 1 aliphatic carbocycles. The summed E-state index contributed by atoms with van der Waals surface area (Å²) >= 11 is 0. The van der Waals surface area contributed by atoms with Crippen molar-refractivity contribution >= 4 is 27.9 Å². The predicted molar refractivity (Wildman–Crippen MR) is 105 cm³/mol. The van der Waals surface area contributed by atoms with Gasteiger partial charge in [-0.3, -0.25) is 14.5 Å². The van der Waals surface area contributed by atoms with Crippen LogP contribution in [0, 0.1) is 0 Å². The highest BCUT2D eigenvalue weighted by Crippen LogP contribution is 2.35. The average Bonchev–Trinajstić information content (AvgIpc) is 3.23. The number of primary sulfonamides is 1. The molecule has 1 saturated carbocycles. The largest absolute Gasteiger partial charge is 0.339 e. The molecule has 1 atom stereocenters. The van der Waals surface area contributed by atoms with Gasteiger partial charge in [-0.1, -0.05) is 25.0 Å². The second-order valence-corrected chi connectivity index (χ2v) is 9.28. The van der Waals surface area contributed by atoms with E-state index in [1.54, 1.807) is 19.2 Å². The summed E-state index contributed by atoms with van der Waals surface area (Å²) in [5.41, 5.74) is -0.0298. The Labute approximate surface area is 170 Å². The summed E-state index contributed by atoms with van der Waals surface area (Å²) in [4.78, 5) is 40.1. The van der Waals surface area contributed by atoms with Gasteiger partial charge in [0.2, 0.25) is 15.9 Å². The minimum Gasteiger partial charge on any atom is -0.339 e. The zero-order valence-corrected chi connectivity index (χ0v) is 17.4. The third kappa shape index (κ3) is 4.13. The summed E-state index contributed by atoms with van der Waals surface area (Å²) in [6, 6.07) is 5.26. The van der Waals surface area contributed by atoms with Gasteiger partial charge in [-0.2, -0.15) is 0 Å². The Morgan fingerprint density at radius 3 is 2.38 bits per heavy atom. The van der Waals surface area contributed by atoms with Crippen LogP contribution in [0.4, 0.5) is 4.79 Å². The van der Waals surface area contributed by atoms with Crippen molar-refractivity contribution in [1.82, 2.24) is 15.1 Å². The van der Waals surface area contributed by atoms with Crippen molar-refractivity contribution in [2.45, 2.75) is 55.5 Å². The number of nitrogens with two attached hydrogens (primary N) is 1. The van der Waals surface area contributed by atoms with Gasteiger partial charge in [0.05, 0.1) is 10.9 Å². The highest BCUT2D eigenvalue weighted by molar-refractivity contribution is 7.89. The van der Waals surface area contributed by atoms with Gasteiger partial charge in [0.1, 0.15) is 5.54 Å². The van der Waals surface area contributed by atoms with Crippen molar-refractivity contribution in [1.29, 1.82) is 0 Å². The van der Waals surface area contributed by atoms with Gasteiger partial charge in [0, 0.05) is 20.0 Å². The molecule has 1 spiro atoms. The Balaban J connectivity index is 1.60. The van der Waals surface area contributed by atoms with E-state index in [0.29, 0.717) is 12.8 Å². The molecule has 1 saturated heterocycles. The number of carbonyl (C=O) groups is 3. The lowest BCUT2D eigenvalue weighted by Gasteiger charge is -2.26. The summed E-state index contributed by atoms with van der Waals surface area (Å²) in [6.45, 7) is 1.84. The van der Waals surface area contributed by atoms with Crippen LogP contribution in [-0.2, 0) is 19.6 Å². The van der Waals surface area contributed by atoms with E-state index >= 15 is 0 Å². The highest BCUT2D eigenvalue weighted by atomic mass is 32.2. The van der Waals surface area contributed by atoms with Crippen LogP contribution in [0.3, 0.4) is 0 Å². The van der Waals surface area contributed by atoms with Gasteiger partial charge < -0.3 is 10.2 Å². The first-order valence-corrected chi connectivity index (χ1v) is 11.1. The smallest absolute Gasteiger partial charge is 0.325 e. The maximum atomic E-state index is 12.6. The molecule has 0 aromatic heterocycles. The lowest BCUT2D eigenvalue weighted by molar-refractivity contribution is -0.134. The maximum absolute atomic E-state index is 12.6. The molecule has 4 amide bonds. The fourth-order valence-electron chi connectivity index (χ4n) is 3.96. The Kier molecular flexibility index (Phi) is 5.68. The van der Waals surface area contributed by atoms with Crippen LogP contribution in [0.15, 0.2) is 29.2 Å². The van der Waals surface area contributed by atoms with E-state index in [2.05, 4.69) is 5.32 Å². The van der Waals surface area contributed by atoms with Crippen molar-refractivity contribution in [2.75, 3.05) is 13.6 Å². The Morgan fingerprint density at radius 1 is 1.24 bits per heavy atom. The quantitative estimate of drug-likeness (QED) is 0.663. The van der Waals surface area contributed by atoms with Gasteiger partial charge in [-0.05, 0) is 37.5 Å². The van der Waals surface area contributed by atoms with Gasteiger partial charge in [0.15, 0.2) is 0 Å². The number of amides is 4. The van der Waals surface area contributed by atoms with Crippen LogP contribution in [-0.4, -0.2) is 55.2 Å². The van der Waals surface area contributed by atoms with Crippen LogP contribution in [0.2, 0.25) is 0 Å². The van der Waals surface area contributed by atoms with Gasteiger partial charge in [-0.15, -0.1) is 0 Å². The van der Waals surface area contributed by atoms with Crippen LogP contribution in [0.1, 0.15) is 50.6 Å². The number of benzene rings is 1. The molecule has 3 rings (SSSR count). The lowest BCUT2D eigenvalue weighted by Crippen LogP contribution is -2.44. The topological polar surface area (TPSA) is 130 Å². The van der Waals surface area contributed by atoms with Crippen LogP contribution < -0.4 is 10.5 Å². The van der Waals surface area contributed by atoms with E-state index in [4.69, 9.17) is 5.14 Å². The lowest BCUT2D eigenvalue weighted by atomic mass is 9.98. The molecule has 2 aliphatic rings. The van der Waals surface area contributed by atoms with Crippen LogP contribution in [0.5, 0.6) is 0 Å². The predicted octanol–water partition coefficient (Wildman–Crippen LogP) is 1.11. The fraction of sp³-hybridized carbons (Fsp3) is 0.526. The number of nitrogens with zero attached hydrogens (tertiary/aromatic N) is 2. The number of carbonyl (C=O) groups excluding carboxylic acids is 3. The van der Waals surface area contributed by atoms with Crippen molar-refractivity contribution in [3.8, 4) is 0 Å². The first-order chi connectivity index (χ1) is 13.5. The monoisotopic (exact) mass is 422 g/mol. The molecule has 1 aromatic carbocycles. The van der Waals surface area contributed by atoms with E-state index < -0.39 is 21.6 Å². The third-order valence-electron chi connectivity index (χ3n) is 5.92. The first-order valence-electron chi connectivity index (χ1n) is 9.58. The third-order valence-corrected chi connectivity index (χ3v) is 6.85. The molecule has 1 heterocycles. The van der Waals surface area contributed by atoms with E-state index in [-0.39, 0.29) is 35.7 Å². The summed E-state index contributed by atoms with van der Waals surface area (Å²) in [5.74, 6) is -0.455. The van der Waals surface area contributed by atoms with E-state index in [0.717, 1.165) is 23.3 Å². The standard InChI is InChI=1S/C19H26N4O5S/c1-13(14-5-7-15(8-6-14)29(20,27)28)22(2)16(24)9-12-23-17(25)19(21-18(23)26)10-3-4-11-19/h5-8,13H,3-4,9-12H2,1-2H3,(H,21,26)(H2,20,27,28)/t13-/m1/s1. The van der Waals surface area contributed by atoms with E-state index in [9.17, 15) is 22.8 Å². The summed E-state index contributed by atoms with van der Waals surface area (Å²) in [5, 5.41) is 7.90. The number of hydrogen-bond donors (Lipinski definition) is 2. The molecule has 9 nitrogen and oxygen atoms in total. The summed E-state index contributed by atoms with van der Waals surface area (Å²) in [6.07, 6.45) is 3.12. The maximum Gasteiger partial charge on any atom is 0.325 e. The molecule has 0 bridgehead atoms. The van der Waals surface area contributed by atoms with Crippen molar-refractivity contribution < 1.29 is 22.8 Å². The zero-order valence-electron chi connectivity index (χ0n) is 16.6. The number of imide groups is 1. The minimum absolute atomic E-state index is 0.00169. The number of nitrogens with one attached hydrogen (secondary N) is 1. The molecule has 0 unspecified atom stereocenters. The molecular weight excluding hydrogens is 396 g/mol. The highest BCUT2D eigenvalue weighted by Gasteiger charge is 2.52. The van der Waals surface area contributed by atoms with Crippen molar-refractivity contribution in [3.63, 3.8) is 0 Å². The minimum atomic E-state index is -3.78. The van der Waals surface area contributed by atoms with Gasteiger partial charge >= 0.3 is 6.03 Å². The Hall–Kier alpha value is -2.46. The fourth-order valence-corrected chi connectivity index (χ4v) is 4.47. The molecule has 3 N–H and O–H groups in total. The number of hydrogen-bond acceptors (Lipinski definition) is 5. The Morgan fingerprint density at radius 2 is 1.83 bits per heavy atom. The summed E-state index contributed by atoms with van der Waals surface area (Å²) < 4.78 is 22.7. The number of rotatable bonds is 6. The molecule has 1 aromatic rings. The van der Waals surface area contributed by atoms with Crippen molar-refractivity contribution in [2.24, 2.45) is 5.14 Å². The van der Waals surface area contributed by atoms with Crippen molar-refractivity contribution in [3.05, 3.63) is 29.8 Å². The molecular formula is C19H26N4O5S.